The van der Waals surface area contributed by atoms with Gasteiger partial charge >= 0.3 is 0 Å². The molecular weight excluding hydrogens is 319 g/mol. The summed E-state index contributed by atoms with van der Waals surface area (Å²) in [6, 6.07) is 7.52. The van der Waals surface area contributed by atoms with Crippen molar-refractivity contribution < 1.29 is 4.39 Å². The molecule has 0 aliphatic heterocycles. The molecule has 4 heteroatoms. The number of hydrogen-bond acceptors (Lipinski definition) is 2. The Bertz CT molecular complexity index is 586. The van der Waals surface area contributed by atoms with Crippen molar-refractivity contribution in [2.24, 2.45) is 0 Å². The van der Waals surface area contributed by atoms with Crippen molar-refractivity contribution in [3.8, 4) is 0 Å². The molecule has 0 saturated carbocycles. The maximum Gasteiger partial charge on any atom is 0.130 e. The Kier molecular flexibility index (Phi) is 5.26. The first-order chi connectivity index (χ1) is 9.61. The molecule has 0 spiro atoms. The standard InChI is InChI=1S/C16H18BrFN2/c1-3-20-15(8-12-7-13(17)10-19-9-12)14-6-4-5-11(2)16(14)18/h4-7,9-10,15,20H,3,8H2,1-2H3. The van der Waals surface area contributed by atoms with E-state index >= 15 is 0 Å². The van der Waals surface area contributed by atoms with Crippen molar-refractivity contribution in [1.29, 1.82) is 0 Å². The Labute approximate surface area is 127 Å². The lowest BCUT2D eigenvalue weighted by molar-refractivity contribution is 0.506. The van der Waals surface area contributed by atoms with Crippen molar-refractivity contribution >= 4 is 15.9 Å². The number of nitrogens with zero attached hydrogens (tertiary/aromatic N) is 1. The highest BCUT2D eigenvalue weighted by molar-refractivity contribution is 9.10. The van der Waals surface area contributed by atoms with E-state index < -0.39 is 0 Å². The van der Waals surface area contributed by atoms with E-state index in [0.29, 0.717) is 17.5 Å². The molecule has 106 valence electrons. The van der Waals surface area contributed by atoms with E-state index in [9.17, 15) is 4.39 Å². The van der Waals surface area contributed by atoms with Crippen LogP contribution >= 0.6 is 15.9 Å². The molecule has 0 aliphatic carbocycles. The monoisotopic (exact) mass is 336 g/mol. The molecule has 1 unspecified atom stereocenters. The maximum absolute atomic E-state index is 14.3. The van der Waals surface area contributed by atoms with Crippen LogP contribution in [0.15, 0.2) is 41.1 Å². The Morgan fingerprint density at radius 2 is 2.15 bits per heavy atom. The summed E-state index contributed by atoms with van der Waals surface area (Å²) >= 11 is 3.42. The van der Waals surface area contributed by atoms with Gasteiger partial charge in [0.05, 0.1) is 0 Å². The van der Waals surface area contributed by atoms with Gasteiger partial charge in [0.1, 0.15) is 5.82 Å². The van der Waals surface area contributed by atoms with Gasteiger partial charge in [-0.15, -0.1) is 0 Å². The van der Waals surface area contributed by atoms with Gasteiger partial charge in [-0.3, -0.25) is 4.98 Å². The van der Waals surface area contributed by atoms with Gasteiger partial charge < -0.3 is 5.32 Å². The summed E-state index contributed by atoms with van der Waals surface area (Å²) < 4.78 is 15.2. The molecular formula is C16H18BrFN2. The Morgan fingerprint density at radius 3 is 2.85 bits per heavy atom. The van der Waals surface area contributed by atoms with Crippen molar-refractivity contribution in [2.45, 2.75) is 26.3 Å². The van der Waals surface area contributed by atoms with Gasteiger partial charge in [0, 0.05) is 28.5 Å². The first kappa shape index (κ1) is 15.1. The number of aromatic nitrogens is 1. The first-order valence-corrected chi connectivity index (χ1v) is 7.49. The van der Waals surface area contributed by atoms with E-state index in [4.69, 9.17) is 0 Å². The lowest BCUT2D eigenvalue weighted by Gasteiger charge is -2.20. The third-order valence-corrected chi connectivity index (χ3v) is 3.68. The van der Waals surface area contributed by atoms with Crippen LogP contribution in [-0.4, -0.2) is 11.5 Å². The van der Waals surface area contributed by atoms with E-state index in [1.807, 2.05) is 31.3 Å². The zero-order chi connectivity index (χ0) is 14.5. The number of hydrogen-bond donors (Lipinski definition) is 1. The number of rotatable bonds is 5. The molecule has 0 bridgehead atoms. The third-order valence-electron chi connectivity index (χ3n) is 3.25. The van der Waals surface area contributed by atoms with Gasteiger partial charge in [0.15, 0.2) is 0 Å². The van der Waals surface area contributed by atoms with Crippen molar-refractivity contribution in [2.75, 3.05) is 6.54 Å². The van der Waals surface area contributed by atoms with Crippen molar-refractivity contribution in [3.63, 3.8) is 0 Å². The summed E-state index contributed by atoms with van der Waals surface area (Å²) in [5.41, 5.74) is 2.47. The fourth-order valence-electron chi connectivity index (χ4n) is 2.28. The smallest absolute Gasteiger partial charge is 0.130 e. The fourth-order valence-corrected chi connectivity index (χ4v) is 2.69. The molecule has 0 saturated heterocycles. The zero-order valence-electron chi connectivity index (χ0n) is 11.7. The number of likely N-dealkylation sites (N-methyl/N-ethyl adjacent to an activating group) is 1. The number of pyridine rings is 1. The van der Waals surface area contributed by atoms with Crippen LogP contribution < -0.4 is 5.32 Å². The lowest BCUT2D eigenvalue weighted by atomic mass is 9.97. The summed E-state index contributed by atoms with van der Waals surface area (Å²) in [5, 5.41) is 3.35. The van der Waals surface area contributed by atoms with Crippen LogP contribution in [0.1, 0.15) is 29.7 Å². The summed E-state index contributed by atoms with van der Waals surface area (Å²) in [7, 11) is 0. The van der Waals surface area contributed by atoms with E-state index in [2.05, 4.69) is 26.2 Å². The van der Waals surface area contributed by atoms with Gasteiger partial charge in [0.25, 0.3) is 0 Å². The molecule has 0 radical (unpaired) electrons. The largest absolute Gasteiger partial charge is 0.310 e. The van der Waals surface area contributed by atoms with E-state index in [0.717, 1.165) is 16.6 Å². The summed E-state index contributed by atoms with van der Waals surface area (Å²) in [5.74, 6) is -0.124. The maximum atomic E-state index is 14.3. The third kappa shape index (κ3) is 3.64. The number of aryl methyl sites for hydroxylation is 1. The van der Waals surface area contributed by atoms with Crippen LogP contribution in [0, 0.1) is 12.7 Å². The molecule has 1 aromatic heterocycles. The van der Waals surface area contributed by atoms with Crippen LogP contribution in [0.4, 0.5) is 4.39 Å². The predicted molar refractivity (Wildman–Crippen MR) is 83.2 cm³/mol. The molecule has 2 nitrogen and oxygen atoms in total. The molecule has 1 atom stereocenters. The van der Waals surface area contributed by atoms with Crippen molar-refractivity contribution in [3.05, 3.63) is 63.6 Å². The second kappa shape index (κ2) is 6.95. The average Bonchev–Trinajstić information content (AvgIpc) is 2.42. The molecule has 0 aliphatic rings. The normalized spacial score (nSPS) is 12.4. The minimum atomic E-state index is -0.124. The van der Waals surface area contributed by atoms with Crippen LogP contribution in [-0.2, 0) is 6.42 Å². The molecule has 1 N–H and O–H groups in total. The van der Waals surface area contributed by atoms with Crippen LogP contribution in [0.5, 0.6) is 0 Å². The highest BCUT2D eigenvalue weighted by atomic mass is 79.9. The molecule has 2 rings (SSSR count). The minimum Gasteiger partial charge on any atom is -0.310 e. The molecule has 0 amide bonds. The highest BCUT2D eigenvalue weighted by Gasteiger charge is 2.16. The molecule has 1 aromatic carbocycles. The summed E-state index contributed by atoms with van der Waals surface area (Å²) in [6.45, 7) is 4.61. The van der Waals surface area contributed by atoms with E-state index in [1.54, 1.807) is 19.2 Å². The zero-order valence-corrected chi connectivity index (χ0v) is 13.2. The van der Waals surface area contributed by atoms with Crippen LogP contribution in [0.3, 0.4) is 0 Å². The van der Waals surface area contributed by atoms with Crippen LogP contribution in [0.2, 0.25) is 0 Å². The van der Waals surface area contributed by atoms with Gasteiger partial charge in [0.2, 0.25) is 0 Å². The Hall–Kier alpha value is -1.26. The molecule has 20 heavy (non-hydrogen) atoms. The minimum absolute atomic E-state index is 0.0454. The summed E-state index contributed by atoms with van der Waals surface area (Å²) in [6.07, 6.45) is 4.28. The van der Waals surface area contributed by atoms with Gasteiger partial charge in [-0.05, 0) is 53.0 Å². The predicted octanol–water partition coefficient (Wildman–Crippen LogP) is 4.18. The van der Waals surface area contributed by atoms with Crippen molar-refractivity contribution in [1.82, 2.24) is 10.3 Å². The SMILES string of the molecule is CCNC(Cc1cncc(Br)c1)c1cccc(C)c1F. The summed E-state index contributed by atoms with van der Waals surface area (Å²) in [4.78, 5) is 4.16. The molecule has 0 fully saturated rings. The van der Waals surface area contributed by atoms with Crippen LogP contribution in [0.25, 0.3) is 0 Å². The number of halogens is 2. The average molecular weight is 337 g/mol. The van der Waals surface area contributed by atoms with E-state index in [-0.39, 0.29) is 11.9 Å². The lowest BCUT2D eigenvalue weighted by Crippen LogP contribution is -2.24. The first-order valence-electron chi connectivity index (χ1n) is 6.69. The molecule has 2 aromatic rings. The van der Waals surface area contributed by atoms with E-state index in [1.165, 1.54) is 0 Å². The quantitative estimate of drug-likeness (QED) is 0.885. The number of nitrogens with one attached hydrogen (secondary N) is 1. The second-order valence-corrected chi connectivity index (χ2v) is 5.72. The van der Waals surface area contributed by atoms with Gasteiger partial charge in [-0.25, -0.2) is 4.39 Å². The molecule has 1 heterocycles. The Morgan fingerprint density at radius 1 is 1.35 bits per heavy atom. The highest BCUT2D eigenvalue weighted by Crippen LogP contribution is 2.24. The fraction of sp³-hybridized carbons (Fsp3) is 0.312. The second-order valence-electron chi connectivity index (χ2n) is 4.80. The topological polar surface area (TPSA) is 24.9 Å². The van der Waals surface area contributed by atoms with Gasteiger partial charge in [-0.1, -0.05) is 25.1 Å². The Balaban J connectivity index is 2.29. The number of benzene rings is 1. The van der Waals surface area contributed by atoms with Gasteiger partial charge in [-0.2, -0.15) is 0 Å².